The van der Waals surface area contributed by atoms with Crippen molar-refractivity contribution >= 4 is 15.9 Å². The van der Waals surface area contributed by atoms with E-state index >= 15 is 0 Å². The van der Waals surface area contributed by atoms with Crippen LogP contribution in [0, 0.1) is 0 Å². The summed E-state index contributed by atoms with van der Waals surface area (Å²) in [4.78, 5) is 12.1. The Hall–Kier alpha value is -1.60. The average molecular weight is 383 g/mol. The summed E-state index contributed by atoms with van der Waals surface area (Å²) in [5.74, 6) is 0.687. The molecule has 0 bridgehead atoms. The normalized spacial score (nSPS) is 15.8. The van der Waals surface area contributed by atoms with Gasteiger partial charge < -0.3 is 10.1 Å². The summed E-state index contributed by atoms with van der Waals surface area (Å²) in [5.41, 5.74) is 1.04. The van der Waals surface area contributed by atoms with Gasteiger partial charge in [-0.05, 0) is 30.9 Å². The van der Waals surface area contributed by atoms with E-state index in [4.69, 9.17) is 4.74 Å². The number of rotatable bonds is 9. The smallest absolute Gasteiger partial charge is 0.221 e. The lowest BCUT2D eigenvalue weighted by molar-refractivity contribution is -0.121. The number of hydrogen-bond acceptors (Lipinski definition) is 4. The van der Waals surface area contributed by atoms with Crippen LogP contribution in [-0.4, -0.2) is 51.1 Å². The number of carbonyl (C=O) groups excluding carboxylic acids is 1. The van der Waals surface area contributed by atoms with Gasteiger partial charge in [-0.15, -0.1) is 0 Å². The molecule has 1 amide bonds. The van der Waals surface area contributed by atoms with Gasteiger partial charge in [0.15, 0.2) is 0 Å². The summed E-state index contributed by atoms with van der Waals surface area (Å²) in [6.45, 7) is 0.755. The van der Waals surface area contributed by atoms with Crippen molar-refractivity contribution < 1.29 is 17.9 Å². The first kappa shape index (κ1) is 20.7. The number of carbonyl (C=O) groups is 1. The SMILES string of the molecule is COc1ccccc1CCNC(=O)CCN(C1CCCCC1)S(C)(=O)=O. The van der Waals surface area contributed by atoms with Crippen molar-refractivity contribution in [3.8, 4) is 5.75 Å². The second kappa shape index (κ2) is 9.92. The minimum absolute atomic E-state index is 0.0418. The summed E-state index contributed by atoms with van der Waals surface area (Å²) in [6, 6.07) is 7.75. The fraction of sp³-hybridized carbons (Fsp3) is 0.632. The van der Waals surface area contributed by atoms with E-state index in [9.17, 15) is 13.2 Å². The van der Waals surface area contributed by atoms with E-state index in [1.54, 1.807) is 7.11 Å². The molecule has 146 valence electrons. The van der Waals surface area contributed by atoms with Crippen molar-refractivity contribution in [1.82, 2.24) is 9.62 Å². The molecule has 0 atom stereocenters. The van der Waals surface area contributed by atoms with Gasteiger partial charge in [-0.3, -0.25) is 4.79 Å². The van der Waals surface area contributed by atoms with E-state index in [2.05, 4.69) is 5.32 Å². The van der Waals surface area contributed by atoms with E-state index in [1.165, 1.54) is 10.6 Å². The van der Waals surface area contributed by atoms with E-state index < -0.39 is 10.0 Å². The third kappa shape index (κ3) is 6.29. The fourth-order valence-electron chi connectivity index (χ4n) is 3.53. The molecule has 0 aliphatic heterocycles. The van der Waals surface area contributed by atoms with Crippen LogP contribution in [0.4, 0.5) is 0 Å². The van der Waals surface area contributed by atoms with E-state index in [0.29, 0.717) is 13.0 Å². The lowest BCUT2D eigenvalue weighted by Crippen LogP contribution is -2.43. The van der Waals surface area contributed by atoms with Crippen molar-refractivity contribution in [2.45, 2.75) is 51.0 Å². The Kier molecular flexibility index (Phi) is 7.90. The molecular formula is C19H30N2O4S. The number of para-hydroxylation sites is 1. The molecule has 6 nitrogen and oxygen atoms in total. The lowest BCUT2D eigenvalue weighted by Gasteiger charge is -2.32. The van der Waals surface area contributed by atoms with E-state index in [0.717, 1.165) is 43.4 Å². The molecule has 0 heterocycles. The topological polar surface area (TPSA) is 75.7 Å². The quantitative estimate of drug-likeness (QED) is 0.711. The molecule has 0 spiro atoms. The summed E-state index contributed by atoms with van der Waals surface area (Å²) in [6.07, 6.45) is 7.16. The minimum atomic E-state index is -3.30. The minimum Gasteiger partial charge on any atom is -0.496 e. The molecule has 1 aromatic carbocycles. The number of nitrogens with one attached hydrogen (secondary N) is 1. The molecule has 0 saturated heterocycles. The molecule has 26 heavy (non-hydrogen) atoms. The van der Waals surface area contributed by atoms with Gasteiger partial charge in [-0.1, -0.05) is 37.5 Å². The Bertz CT molecular complexity index is 685. The van der Waals surface area contributed by atoms with Crippen molar-refractivity contribution in [2.24, 2.45) is 0 Å². The van der Waals surface area contributed by atoms with Gasteiger partial charge in [-0.25, -0.2) is 8.42 Å². The molecule has 7 heteroatoms. The second-order valence-corrected chi connectivity index (χ2v) is 8.76. The molecule has 0 unspecified atom stereocenters. The Morgan fingerprint density at radius 2 is 1.92 bits per heavy atom. The maximum Gasteiger partial charge on any atom is 0.221 e. The Balaban J connectivity index is 1.80. The number of methoxy groups -OCH3 is 1. The van der Waals surface area contributed by atoms with Gasteiger partial charge >= 0.3 is 0 Å². The maximum atomic E-state index is 12.1. The van der Waals surface area contributed by atoms with Gasteiger partial charge in [0.25, 0.3) is 0 Å². The Morgan fingerprint density at radius 3 is 2.58 bits per heavy atom. The van der Waals surface area contributed by atoms with Crippen LogP contribution < -0.4 is 10.1 Å². The standard InChI is InChI=1S/C19H30N2O4S/c1-25-18-11-7-6-8-16(18)12-14-20-19(22)13-15-21(26(2,23)24)17-9-4-3-5-10-17/h6-8,11,17H,3-5,9-10,12-15H2,1-2H3,(H,20,22). The third-order valence-electron chi connectivity index (χ3n) is 4.88. The van der Waals surface area contributed by atoms with Crippen LogP contribution in [-0.2, 0) is 21.2 Å². The first-order valence-electron chi connectivity index (χ1n) is 9.27. The average Bonchev–Trinajstić information content (AvgIpc) is 2.62. The first-order valence-corrected chi connectivity index (χ1v) is 11.1. The van der Waals surface area contributed by atoms with Crippen LogP contribution in [0.2, 0.25) is 0 Å². The highest BCUT2D eigenvalue weighted by Gasteiger charge is 2.28. The number of hydrogen-bond donors (Lipinski definition) is 1. The maximum absolute atomic E-state index is 12.1. The highest BCUT2D eigenvalue weighted by atomic mass is 32.2. The molecule has 2 rings (SSSR count). The number of sulfonamides is 1. The van der Waals surface area contributed by atoms with Crippen LogP contribution in [0.1, 0.15) is 44.1 Å². The second-order valence-electron chi connectivity index (χ2n) is 6.83. The van der Waals surface area contributed by atoms with Crippen molar-refractivity contribution in [3.63, 3.8) is 0 Å². The summed E-state index contributed by atoms with van der Waals surface area (Å²) >= 11 is 0. The van der Waals surface area contributed by atoms with Gasteiger partial charge in [0, 0.05) is 25.6 Å². The molecule has 0 aromatic heterocycles. The summed E-state index contributed by atoms with van der Waals surface area (Å²) in [5, 5.41) is 2.88. The van der Waals surface area contributed by atoms with Crippen molar-refractivity contribution in [3.05, 3.63) is 29.8 Å². The van der Waals surface area contributed by atoms with Crippen LogP contribution in [0.5, 0.6) is 5.75 Å². The number of nitrogens with zero attached hydrogens (tertiary/aromatic N) is 1. The number of ether oxygens (including phenoxy) is 1. The number of benzene rings is 1. The number of amides is 1. The predicted octanol–water partition coefficient (Wildman–Crippen LogP) is 2.34. The lowest BCUT2D eigenvalue weighted by atomic mass is 9.95. The van der Waals surface area contributed by atoms with Crippen LogP contribution >= 0.6 is 0 Å². The van der Waals surface area contributed by atoms with Gasteiger partial charge in [-0.2, -0.15) is 4.31 Å². The molecule has 1 fully saturated rings. The molecule has 1 N–H and O–H groups in total. The zero-order valence-corrected chi connectivity index (χ0v) is 16.6. The molecule has 1 aliphatic carbocycles. The van der Waals surface area contributed by atoms with Crippen LogP contribution in [0.25, 0.3) is 0 Å². The zero-order valence-electron chi connectivity index (χ0n) is 15.7. The van der Waals surface area contributed by atoms with E-state index in [-0.39, 0.29) is 24.9 Å². The van der Waals surface area contributed by atoms with Crippen LogP contribution in [0.3, 0.4) is 0 Å². The Morgan fingerprint density at radius 1 is 1.23 bits per heavy atom. The molecular weight excluding hydrogens is 352 g/mol. The first-order chi connectivity index (χ1) is 12.4. The zero-order chi connectivity index (χ0) is 19.0. The van der Waals surface area contributed by atoms with Gasteiger partial charge in [0.05, 0.1) is 13.4 Å². The highest BCUT2D eigenvalue weighted by Crippen LogP contribution is 2.24. The third-order valence-corrected chi connectivity index (χ3v) is 6.21. The molecule has 0 radical (unpaired) electrons. The van der Waals surface area contributed by atoms with Gasteiger partial charge in [0.1, 0.15) is 5.75 Å². The highest BCUT2D eigenvalue weighted by molar-refractivity contribution is 7.88. The predicted molar refractivity (Wildman–Crippen MR) is 103 cm³/mol. The molecule has 1 saturated carbocycles. The largest absolute Gasteiger partial charge is 0.496 e. The summed E-state index contributed by atoms with van der Waals surface area (Å²) in [7, 11) is -1.67. The monoisotopic (exact) mass is 382 g/mol. The van der Waals surface area contributed by atoms with E-state index in [1.807, 2.05) is 24.3 Å². The molecule has 1 aromatic rings. The van der Waals surface area contributed by atoms with Crippen molar-refractivity contribution in [2.75, 3.05) is 26.5 Å². The van der Waals surface area contributed by atoms with Crippen molar-refractivity contribution in [1.29, 1.82) is 0 Å². The van der Waals surface area contributed by atoms with Crippen LogP contribution in [0.15, 0.2) is 24.3 Å². The summed E-state index contributed by atoms with van der Waals surface area (Å²) < 4.78 is 31.0. The van der Waals surface area contributed by atoms with Gasteiger partial charge in [0.2, 0.25) is 15.9 Å². The fourth-order valence-corrected chi connectivity index (χ4v) is 4.71. The Labute approximate surface area is 157 Å². The molecule has 1 aliphatic rings.